The van der Waals surface area contributed by atoms with Gasteiger partial charge in [-0.15, -0.1) is 0 Å². The summed E-state index contributed by atoms with van der Waals surface area (Å²) in [6.07, 6.45) is 1.13. The van der Waals surface area contributed by atoms with E-state index in [1.54, 1.807) is 0 Å². The Morgan fingerprint density at radius 3 is 2.50 bits per heavy atom. The Morgan fingerprint density at radius 2 is 2.30 bits per heavy atom. The van der Waals surface area contributed by atoms with Crippen molar-refractivity contribution in [2.24, 2.45) is 11.3 Å². The van der Waals surface area contributed by atoms with E-state index in [1.165, 1.54) is 0 Å². The maximum Gasteiger partial charge on any atom is 0.0502 e. The molecular weight excluding hydrogens is 126 g/mol. The van der Waals surface area contributed by atoms with E-state index in [9.17, 15) is 0 Å². The largest absolute Gasteiger partial charge is 0.396 e. The molecule has 2 N–H and O–H groups in total. The summed E-state index contributed by atoms with van der Waals surface area (Å²) in [7, 11) is 0. The molecule has 1 saturated heterocycles. The third-order valence-corrected chi connectivity index (χ3v) is 2.82. The molecule has 0 aliphatic carbocycles. The summed E-state index contributed by atoms with van der Waals surface area (Å²) in [5, 5.41) is 12.4. The number of aliphatic hydroxyl groups is 1. The van der Waals surface area contributed by atoms with Crippen molar-refractivity contribution in [2.45, 2.75) is 20.3 Å². The highest BCUT2D eigenvalue weighted by Crippen LogP contribution is 2.32. The average Bonchev–Trinajstić information content (AvgIpc) is 2.35. The van der Waals surface area contributed by atoms with Crippen molar-refractivity contribution in [3.63, 3.8) is 0 Å². The molecular formula is C8H17NO. The van der Waals surface area contributed by atoms with E-state index in [-0.39, 0.29) is 5.41 Å². The highest BCUT2D eigenvalue weighted by molar-refractivity contribution is 4.89. The number of hydrogen-bond acceptors (Lipinski definition) is 2. The zero-order chi connectivity index (χ0) is 7.61. The molecule has 1 unspecified atom stereocenters. The smallest absolute Gasteiger partial charge is 0.0502 e. The second-order valence-electron chi connectivity index (χ2n) is 3.60. The fourth-order valence-electron chi connectivity index (χ4n) is 1.57. The highest BCUT2D eigenvalue weighted by atomic mass is 16.3. The van der Waals surface area contributed by atoms with Crippen LogP contribution in [-0.2, 0) is 0 Å². The molecule has 10 heavy (non-hydrogen) atoms. The molecule has 0 aromatic rings. The zero-order valence-corrected chi connectivity index (χ0v) is 6.85. The molecule has 1 atom stereocenters. The van der Waals surface area contributed by atoms with Gasteiger partial charge in [0.2, 0.25) is 0 Å². The van der Waals surface area contributed by atoms with Crippen molar-refractivity contribution in [3.8, 4) is 0 Å². The van der Waals surface area contributed by atoms with Crippen molar-refractivity contribution in [3.05, 3.63) is 0 Å². The van der Waals surface area contributed by atoms with Gasteiger partial charge < -0.3 is 10.4 Å². The van der Waals surface area contributed by atoms with Gasteiger partial charge in [0.15, 0.2) is 0 Å². The van der Waals surface area contributed by atoms with E-state index in [1.807, 2.05) is 0 Å². The first-order valence-corrected chi connectivity index (χ1v) is 4.03. The molecule has 1 heterocycles. The third-order valence-electron chi connectivity index (χ3n) is 2.82. The Hall–Kier alpha value is -0.0800. The fourth-order valence-corrected chi connectivity index (χ4v) is 1.57. The van der Waals surface area contributed by atoms with Crippen molar-refractivity contribution >= 4 is 0 Å². The summed E-state index contributed by atoms with van der Waals surface area (Å²) in [5.41, 5.74) is 0.181. The van der Waals surface area contributed by atoms with E-state index in [4.69, 9.17) is 5.11 Å². The van der Waals surface area contributed by atoms with Crippen LogP contribution < -0.4 is 5.32 Å². The van der Waals surface area contributed by atoms with Crippen LogP contribution in [0.1, 0.15) is 20.3 Å². The molecule has 1 fully saturated rings. The molecule has 0 radical (unpaired) electrons. The van der Waals surface area contributed by atoms with Crippen LogP contribution in [0.3, 0.4) is 0 Å². The summed E-state index contributed by atoms with van der Waals surface area (Å²) < 4.78 is 0. The van der Waals surface area contributed by atoms with Gasteiger partial charge in [-0.05, 0) is 18.9 Å². The SMILES string of the molecule is CC(C)C1(CO)CCNC1. The minimum Gasteiger partial charge on any atom is -0.396 e. The number of rotatable bonds is 2. The van der Waals surface area contributed by atoms with Gasteiger partial charge in [0.1, 0.15) is 0 Å². The lowest BCUT2D eigenvalue weighted by molar-refractivity contribution is 0.0959. The van der Waals surface area contributed by atoms with Gasteiger partial charge in [-0.25, -0.2) is 0 Å². The van der Waals surface area contributed by atoms with E-state index in [0.29, 0.717) is 12.5 Å². The third kappa shape index (κ3) is 1.18. The first-order chi connectivity index (χ1) is 4.71. The second-order valence-corrected chi connectivity index (χ2v) is 3.60. The standard InChI is InChI=1S/C8H17NO/c1-7(2)8(6-10)3-4-9-5-8/h7,9-10H,3-6H2,1-2H3. The summed E-state index contributed by atoms with van der Waals surface area (Å²) in [4.78, 5) is 0. The van der Waals surface area contributed by atoms with Crippen molar-refractivity contribution in [1.82, 2.24) is 5.32 Å². The molecule has 2 nitrogen and oxygen atoms in total. The number of nitrogens with one attached hydrogen (secondary N) is 1. The maximum atomic E-state index is 9.15. The van der Waals surface area contributed by atoms with Crippen LogP contribution >= 0.6 is 0 Å². The van der Waals surface area contributed by atoms with Gasteiger partial charge in [-0.1, -0.05) is 13.8 Å². The van der Waals surface area contributed by atoms with Crippen molar-refractivity contribution < 1.29 is 5.11 Å². The Balaban J connectivity index is 2.58. The van der Waals surface area contributed by atoms with E-state index < -0.39 is 0 Å². The number of aliphatic hydroxyl groups excluding tert-OH is 1. The van der Waals surface area contributed by atoms with Gasteiger partial charge in [-0.3, -0.25) is 0 Å². The van der Waals surface area contributed by atoms with Crippen molar-refractivity contribution in [1.29, 1.82) is 0 Å². The van der Waals surface area contributed by atoms with Crippen LogP contribution in [0.5, 0.6) is 0 Å². The second kappa shape index (κ2) is 2.89. The number of hydrogen-bond donors (Lipinski definition) is 2. The summed E-state index contributed by atoms with van der Waals surface area (Å²) >= 11 is 0. The van der Waals surface area contributed by atoms with Crippen LogP contribution in [0.4, 0.5) is 0 Å². The van der Waals surface area contributed by atoms with Crippen LogP contribution in [0, 0.1) is 11.3 Å². The monoisotopic (exact) mass is 143 g/mol. The summed E-state index contributed by atoms with van der Waals surface area (Å²) in [5.74, 6) is 0.590. The minimum absolute atomic E-state index is 0.181. The van der Waals surface area contributed by atoms with E-state index in [0.717, 1.165) is 19.5 Å². The van der Waals surface area contributed by atoms with Gasteiger partial charge in [0.25, 0.3) is 0 Å². The van der Waals surface area contributed by atoms with Crippen LogP contribution in [0.2, 0.25) is 0 Å². The summed E-state index contributed by atoms with van der Waals surface area (Å²) in [6, 6.07) is 0. The molecule has 0 aromatic carbocycles. The molecule has 60 valence electrons. The van der Waals surface area contributed by atoms with Crippen LogP contribution in [0.15, 0.2) is 0 Å². The first-order valence-electron chi connectivity index (χ1n) is 4.03. The predicted molar refractivity (Wildman–Crippen MR) is 41.8 cm³/mol. The lowest BCUT2D eigenvalue weighted by atomic mass is 9.77. The minimum atomic E-state index is 0.181. The Bertz CT molecular complexity index is 106. The molecule has 1 aliphatic rings. The maximum absolute atomic E-state index is 9.15. The Kier molecular flexibility index (Phi) is 2.32. The zero-order valence-electron chi connectivity index (χ0n) is 6.85. The molecule has 0 saturated carbocycles. The Morgan fingerprint density at radius 1 is 1.60 bits per heavy atom. The quantitative estimate of drug-likeness (QED) is 0.593. The molecule has 2 heteroatoms. The highest BCUT2D eigenvalue weighted by Gasteiger charge is 2.35. The average molecular weight is 143 g/mol. The molecule has 1 aliphatic heterocycles. The van der Waals surface area contributed by atoms with Gasteiger partial charge in [-0.2, -0.15) is 0 Å². The Labute approximate surface area is 62.6 Å². The van der Waals surface area contributed by atoms with Gasteiger partial charge in [0, 0.05) is 12.0 Å². The summed E-state index contributed by atoms with van der Waals surface area (Å²) in [6.45, 7) is 6.75. The van der Waals surface area contributed by atoms with E-state index >= 15 is 0 Å². The lowest BCUT2D eigenvalue weighted by Gasteiger charge is -2.29. The molecule has 0 spiro atoms. The first kappa shape index (κ1) is 8.02. The van der Waals surface area contributed by atoms with Gasteiger partial charge >= 0.3 is 0 Å². The molecule has 0 bridgehead atoms. The van der Waals surface area contributed by atoms with Crippen LogP contribution in [0.25, 0.3) is 0 Å². The predicted octanol–water partition coefficient (Wildman–Crippen LogP) is 0.614. The van der Waals surface area contributed by atoms with Crippen LogP contribution in [-0.4, -0.2) is 24.8 Å². The molecule has 1 rings (SSSR count). The molecule has 0 aromatic heterocycles. The fraction of sp³-hybridized carbons (Fsp3) is 1.00. The van der Waals surface area contributed by atoms with Gasteiger partial charge in [0.05, 0.1) is 6.61 Å². The lowest BCUT2D eigenvalue weighted by Crippen LogP contribution is -2.33. The normalized spacial score (nSPS) is 33.6. The molecule has 0 amide bonds. The van der Waals surface area contributed by atoms with Crippen molar-refractivity contribution in [2.75, 3.05) is 19.7 Å². The topological polar surface area (TPSA) is 32.3 Å². The van der Waals surface area contributed by atoms with E-state index in [2.05, 4.69) is 19.2 Å².